The molecule has 0 fully saturated rings. The Balaban J connectivity index is 1.78. The first-order valence-electron chi connectivity index (χ1n) is 11.6. The Morgan fingerprint density at radius 1 is 1.00 bits per heavy atom. The summed E-state index contributed by atoms with van der Waals surface area (Å²) in [5, 5.41) is 12.4. The Morgan fingerprint density at radius 3 is 2.38 bits per heavy atom. The predicted octanol–water partition coefficient (Wildman–Crippen LogP) is 5.79. The number of rotatable bonds is 11. The van der Waals surface area contributed by atoms with E-state index in [0.29, 0.717) is 28.0 Å². The monoisotopic (exact) mass is 515 g/mol. The Kier molecular flexibility index (Phi) is 9.30. The van der Waals surface area contributed by atoms with Gasteiger partial charge in [0.25, 0.3) is 0 Å². The van der Waals surface area contributed by atoms with Gasteiger partial charge in [-0.05, 0) is 53.4 Å². The molecule has 0 amide bonds. The Labute approximate surface area is 213 Å². The molecule has 3 rings (SSSR count). The second kappa shape index (κ2) is 12.4. The second-order valence-electron chi connectivity index (χ2n) is 8.46. The molecule has 1 atom stereocenters. The average molecular weight is 516 g/mol. The van der Waals surface area contributed by atoms with E-state index in [-0.39, 0.29) is 26.1 Å². The lowest BCUT2D eigenvalue weighted by molar-refractivity contribution is -0.145. The van der Waals surface area contributed by atoms with Crippen LogP contribution in [0.5, 0.6) is 5.75 Å². The summed E-state index contributed by atoms with van der Waals surface area (Å²) in [4.78, 5) is 23.5. The third-order valence-electron chi connectivity index (χ3n) is 5.88. The number of carboxylic acid groups (broad SMARTS) is 1. The van der Waals surface area contributed by atoms with Gasteiger partial charge in [-0.3, -0.25) is 9.59 Å². The molecule has 1 unspecified atom stereocenters. The summed E-state index contributed by atoms with van der Waals surface area (Å²) in [5.74, 6) is -1.88. The maximum atomic E-state index is 13.5. The highest BCUT2D eigenvalue weighted by Gasteiger charge is 2.31. The van der Waals surface area contributed by atoms with Crippen molar-refractivity contribution in [2.45, 2.75) is 38.6 Å². The van der Waals surface area contributed by atoms with E-state index in [1.54, 1.807) is 18.2 Å². The van der Waals surface area contributed by atoms with Gasteiger partial charge in [-0.15, -0.1) is 0 Å². The van der Waals surface area contributed by atoms with Crippen LogP contribution >= 0.6 is 0 Å². The van der Waals surface area contributed by atoms with Crippen LogP contribution in [-0.2, 0) is 33.7 Å². The molecule has 0 bridgehead atoms. The Morgan fingerprint density at radius 2 is 1.73 bits per heavy atom. The van der Waals surface area contributed by atoms with Gasteiger partial charge in [0, 0.05) is 18.7 Å². The molecule has 3 aromatic carbocycles. The van der Waals surface area contributed by atoms with E-state index in [1.807, 2.05) is 30.3 Å². The van der Waals surface area contributed by atoms with Crippen LogP contribution in [0.4, 0.5) is 13.2 Å². The van der Waals surface area contributed by atoms with E-state index in [4.69, 9.17) is 9.47 Å². The van der Waals surface area contributed by atoms with Crippen molar-refractivity contribution in [3.05, 3.63) is 89.0 Å². The van der Waals surface area contributed by atoms with Crippen LogP contribution in [0.2, 0.25) is 0 Å². The van der Waals surface area contributed by atoms with Crippen molar-refractivity contribution in [2.24, 2.45) is 0 Å². The number of carbonyl (C=O) groups is 2. The number of hydrogen-bond donors (Lipinski definition) is 2. The number of carbonyl (C=O) groups excluding carboxylic acids is 1. The van der Waals surface area contributed by atoms with E-state index in [1.165, 1.54) is 20.1 Å². The first-order valence-corrected chi connectivity index (χ1v) is 11.6. The molecule has 0 saturated carbocycles. The van der Waals surface area contributed by atoms with Crippen LogP contribution in [0.1, 0.15) is 41.5 Å². The summed E-state index contributed by atoms with van der Waals surface area (Å²) < 4.78 is 51.0. The van der Waals surface area contributed by atoms with Gasteiger partial charge < -0.3 is 19.9 Å². The maximum absolute atomic E-state index is 13.5. The third kappa shape index (κ3) is 7.57. The number of methoxy groups -OCH3 is 1. The van der Waals surface area contributed by atoms with Crippen molar-refractivity contribution in [1.82, 2.24) is 5.32 Å². The van der Waals surface area contributed by atoms with Crippen molar-refractivity contribution >= 4 is 11.9 Å². The van der Waals surface area contributed by atoms with Gasteiger partial charge in [-0.25, -0.2) is 0 Å². The summed E-state index contributed by atoms with van der Waals surface area (Å²) in [7, 11) is 1.43. The number of halogens is 3. The topological polar surface area (TPSA) is 84.9 Å². The van der Waals surface area contributed by atoms with Crippen LogP contribution in [0.3, 0.4) is 0 Å². The van der Waals surface area contributed by atoms with Crippen molar-refractivity contribution < 1.29 is 37.3 Å². The Bertz CT molecular complexity index is 1230. The molecule has 37 heavy (non-hydrogen) atoms. The van der Waals surface area contributed by atoms with Gasteiger partial charge >= 0.3 is 18.1 Å². The minimum atomic E-state index is -4.54. The molecule has 0 spiro atoms. The van der Waals surface area contributed by atoms with Crippen LogP contribution < -0.4 is 10.1 Å². The number of alkyl halides is 3. The van der Waals surface area contributed by atoms with Crippen LogP contribution in [0, 0.1) is 0 Å². The molecule has 0 aliphatic carbocycles. The zero-order valence-corrected chi connectivity index (χ0v) is 20.5. The quantitative estimate of drug-likeness (QED) is 0.248. The molecule has 0 aromatic heterocycles. The SMILES string of the molecule is COc1ccc(C(C)C(=O)O)cc1-c1ccc(C(F)(F)F)cc1CNCCC(=O)OCc1ccccc1. The first-order chi connectivity index (χ1) is 17.6. The third-order valence-corrected chi connectivity index (χ3v) is 5.88. The van der Waals surface area contributed by atoms with E-state index < -0.39 is 29.6 Å². The predicted molar refractivity (Wildman–Crippen MR) is 132 cm³/mol. The fourth-order valence-electron chi connectivity index (χ4n) is 3.75. The highest BCUT2D eigenvalue weighted by Crippen LogP contribution is 2.38. The van der Waals surface area contributed by atoms with Crippen molar-refractivity contribution in [2.75, 3.05) is 13.7 Å². The van der Waals surface area contributed by atoms with Gasteiger partial charge in [0.2, 0.25) is 0 Å². The molecule has 6 nitrogen and oxygen atoms in total. The first kappa shape index (κ1) is 27.7. The number of nitrogens with one attached hydrogen (secondary N) is 1. The molecule has 196 valence electrons. The number of ether oxygens (including phenoxy) is 2. The van der Waals surface area contributed by atoms with Gasteiger partial charge in [-0.1, -0.05) is 42.5 Å². The van der Waals surface area contributed by atoms with Gasteiger partial charge in [0.15, 0.2) is 0 Å². The normalized spacial score (nSPS) is 12.1. The summed E-state index contributed by atoms with van der Waals surface area (Å²) in [6.07, 6.45) is -4.51. The molecule has 0 heterocycles. The number of benzene rings is 3. The fraction of sp³-hybridized carbons (Fsp3) is 0.286. The standard InChI is InChI=1S/C28H28F3NO5/c1-18(27(34)35)20-8-11-25(36-2)24(15-20)23-10-9-22(28(29,30)31)14-21(23)16-32-13-12-26(33)37-17-19-6-4-3-5-7-19/h3-11,14-15,18,32H,12-13,16-17H2,1-2H3,(H,34,35). The molecule has 0 aliphatic heterocycles. The maximum Gasteiger partial charge on any atom is 0.416 e. The highest BCUT2D eigenvalue weighted by molar-refractivity contribution is 5.79. The van der Waals surface area contributed by atoms with E-state index in [2.05, 4.69) is 5.32 Å². The van der Waals surface area contributed by atoms with Crippen LogP contribution in [-0.4, -0.2) is 30.7 Å². The lowest BCUT2D eigenvalue weighted by atomic mass is 9.92. The lowest BCUT2D eigenvalue weighted by Crippen LogP contribution is -2.20. The lowest BCUT2D eigenvalue weighted by Gasteiger charge is -2.18. The second-order valence-corrected chi connectivity index (χ2v) is 8.46. The molecular weight excluding hydrogens is 487 g/mol. The molecular formula is C28H28F3NO5. The van der Waals surface area contributed by atoms with E-state index in [9.17, 15) is 27.9 Å². The molecule has 0 radical (unpaired) electrons. The molecule has 3 aromatic rings. The van der Waals surface area contributed by atoms with E-state index in [0.717, 1.165) is 17.7 Å². The van der Waals surface area contributed by atoms with Crippen LogP contribution in [0.25, 0.3) is 11.1 Å². The highest BCUT2D eigenvalue weighted by atomic mass is 19.4. The van der Waals surface area contributed by atoms with Crippen molar-refractivity contribution in [1.29, 1.82) is 0 Å². The number of hydrogen-bond acceptors (Lipinski definition) is 5. The molecule has 0 saturated heterocycles. The smallest absolute Gasteiger partial charge is 0.416 e. The van der Waals surface area contributed by atoms with Gasteiger partial charge in [-0.2, -0.15) is 13.2 Å². The number of esters is 1. The van der Waals surface area contributed by atoms with Crippen molar-refractivity contribution in [3.63, 3.8) is 0 Å². The zero-order valence-electron chi connectivity index (χ0n) is 20.5. The molecule has 2 N–H and O–H groups in total. The fourth-order valence-corrected chi connectivity index (χ4v) is 3.75. The zero-order chi connectivity index (χ0) is 27.0. The van der Waals surface area contributed by atoms with Crippen LogP contribution in [0.15, 0.2) is 66.7 Å². The van der Waals surface area contributed by atoms with E-state index >= 15 is 0 Å². The number of aliphatic carboxylic acids is 1. The minimum Gasteiger partial charge on any atom is -0.496 e. The molecule has 9 heteroatoms. The summed E-state index contributed by atoms with van der Waals surface area (Å²) in [6.45, 7) is 1.89. The van der Waals surface area contributed by atoms with Crippen molar-refractivity contribution in [3.8, 4) is 16.9 Å². The largest absolute Gasteiger partial charge is 0.496 e. The van der Waals surface area contributed by atoms with Gasteiger partial charge in [0.1, 0.15) is 12.4 Å². The Hall–Kier alpha value is -3.85. The summed E-state index contributed by atoms with van der Waals surface area (Å²) in [6, 6.07) is 17.4. The summed E-state index contributed by atoms with van der Waals surface area (Å²) in [5.41, 5.74) is 1.79. The van der Waals surface area contributed by atoms with Gasteiger partial charge in [0.05, 0.1) is 25.0 Å². The summed E-state index contributed by atoms with van der Waals surface area (Å²) >= 11 is 0. The molecule has 0 aliphatic rings. The number of carboxylic acids is 1. The average Bonchev–Trinajstić information content (AvgIpc) is 2.89. The minimum absolute atomic E-state index is 0.0348.